The van der Waals surface area contributed by atoms with Gasteiger partial charge in [-0.2, -0.15) is 13.2 Å². The van der Waals surface area contributed by atoms with E-state index in [-0.39, 0.29) is 43.7 Å². The lowest BCUT2D eigenvalue weighted by atomic mass is 9.97. The Bertz CT molecular complexity index is 1450. The smallest absolute Gasteiger partial charge is 0.350 e. The van der Waals surface area contributed by atoms with Crippen LogP contribution in [0.1, 0.15) is 57.4 Å². The molecule has 2 N–H and O–H groups in total. The largest absolute Gasteiger partial charge is 0.390 e. The van der Waals surface area contributed by atoms with Crippen LogP contribution in [-0.2, 0) is 28.0 Å². The Labute approximate surface area is 267 Å². The predicted molar refractivity (Wildman–Crippen MR) is 169 cm³/mol. The molecule has 250 valence electrons. The lowest BCUT2D eigenvalue weighted by Crippen LogP contribution is -2.53. The number of hydrogen-bond donors (Lipinski definition) is 2. The summed E-state index contributed by atoms with van der Waals surface area (Å²) in [5.74, 6) is -1.02. The number of aromatic nitrogens is 3. The minimum atomic E-state index is -4.40. The first-order chi connectivity index (χ1) is 21.9. The van der Waals surface area contributed by atoms with Crippen LogP contribution in [-0.4, -0.2) is 93.2 Å². The van der Waals surface area contributed by atoms with Crippen molar-refractivity contribution in [1.82, 2.24) is 35.4 Å². The van der Waals surface area contributed by atoms with Crippen LogP contribution in [0, 0.1) is 5.92 Å². The summed E-state index contributed by atoms with van der Waals surface area (Å²) in [7, 11) is 1.79. The monoisotopic (exact) mass is 644 g/mol. The summed E-state index contributed by atoms with van der Waals surface area (Å²) in [6.45, 7) is 6.76. The van der Waals surface area contributed by atoms with Gasteiger partial charge >= 0.3 is 6.18 Å². The highest BCUT2D eigenvalue weighted by Gasteiger charge is 2.42. The number of benzene rings is 1. The van der Waals surface area contributed by atoms with Crippen LogP contribution in [0.2, 0.25) is 0 Å². The maximum absolute atomic E-state index is 14.0. The molecule has 2 aliphatic rings. The predicted octanol–water partition coefficient (Wildman–Crippen LogP) is 3.67. The molecule has 0 radical (unpaired) electrons. The van der Waals surface area contributed by atoms with Gasteiger partial charge in [0.05, 0.1) is 18.0 Å². The third-order valence-corrected chi connectivity index (χ3v) is 8.48. The van der Waals surface area contributed by atoms with Gasteiger partial charge in [-0.15, -0.1) is 5.10 Å². The molecule has 0 bridgehead atoms. The number of halogens is 3. The number of hydrogen-bond acceptors (Lipinski definition) is 7. The van der Waals surface area contributed by atoms with E-state index in [9.17, 15) is 27.6 Å². The Hall–Kier alpha value is -4.07. The van der Waals surface area contributed by atoms with Gasteiger partial charge in [0.2, 0.25) is 17.7 Å². The highest BCUT2D eigenvalue weighted by atomic mass is 19.4. The van der Waals surface area contributed by atoms with Crippen molar-refractivity contribution in [3.63, 3.8) is 0 Å². The summed E-state index contributed by atoms with van der Waals surface area (Å²) in [5, 5.41) is 13.8. The van der Waals surface area contributed by atoms with Crippen LogP contribution in [0.4, 0.5) is 13.2 Å². The Balaban J connectivity index is 1.50. The van der Waals surface area contributed by atoms with Crippen LogP contribution in [0.5, 0.6) is 0 Å². The summed E-state index contributed by atoms with van der Waals surface area (Å²) in [5.41, 5.74) is 3.34. The van der Waals surface area contributed by atoms with E-state index < -0.39 is 37.1 Å². The molecule has 0 spiro atoms. The SMILES string of the molecule is C=C/N=C\C=C(/C)C[C@@H]1C[C@@H](C(=O)NCc2ccc3c(c2)nnn3C)N(C(=O)[C@@H](CCC(=O)N2CCCC2)NCCC(F)(F)F)C1. The van der Waals surface area contributed by atoms with Crippen LogP contribution in [0.15, 0.2) is 47.6 Å². The van der Waals surface area contributed by atoms with Gasteiger partial charge in [0.25, 0.3) is 0 Å². The molecular formula is C32H43F3N8O3. The van der Waals surface area contributed by atoms with Gasteiger partial charge in [-0.25, -0.2) is 4.68 Å². The molecule has 2 aromatic rings. The Kier molecular flexibility index (Phi) is 12.1. The third kappa shape index (κ3) is 9.71. The van der Waals surface area contributed by atoms with Gasteiger partial charge in [0.15, 0.2) is 0 Å². The van der Waals surface area contributed by atoms with Crippen molar-refractivity contribution in [2.45, 2.75) is 76.7 Å². The van der Waals surface area contributed by atoms with E-state index in [1.54, 1.807) is 22.8 Å². The number of allylic oxidation sites excluding steroid dienone is 2. The number of likely N-dealkylation sites (tertiary alicyclic amines) is 2. The molecule has 14 heteroatoms. The molecule has 0 aliphatic carbocycles. The average molecular weight is 645 g/mol. The van der Waals surface area contributed by atoms with Crippen molar-refractivity contribution < 1.29 is 27.6 Å². The van der Waals surface area contributed by atoms with E-state index in [1.165, 1.54) is 11.1 Å². The fourth-order valence-electron chi connectivity index (χ4n) is 6.11. The minimum absolute atomic E-state index is 0.0267. The highest BCUT2D eigenvalue weighted by Crippen LogP contribution is 2.30. The van der Waals surface area contributed by atoms with Gasteiger partial charge in [0, 0.05) is 58.6 Å². The molecule has 1 aromatic carbocycles. The Morgan fingerprint density at radius 3 is 2.70 bits per heavy atom. The summed E-state index contributed by atoms with van der Waals surface area (Å²) < 4.78 is 40.7. The number of carbonyl (C=O) groups is 3. The van der Waals surface area contributed by atoms with E-state index in [2.05, 4.69) is 32.5 Å². The topological polar surface area (TPSA) is 125 Å². The molecule has 11 nitrogen and oxygen atoms in total. The molecular weight excluding hydrogens is 601 g/mol. The van der Waals surface area contributed by atoms with Crippen molar-refractivity contribution in [2.75, 3.05) is 26.2 Å². The van der Waals surface area contributed by atoms with Gasteiger partial charge < -0.3 is 20.4 Å². The first-order valence-corrected chi connectivity index (χ1v) is 15.7. The second-order valence-corrected chi connectivity index (χ2v) is 12.1. The van der Waals surface area contributed by atoms with Gasteiger partial charge in [-0.05, 0) is 68.7 Å². The number of rotatable bonds is 14. The number of aliphatic imine (C=N–C) groups is 1. The maximum atomic E-state index is 14.0. The third-order valence-electron chi connectivity index (χ3n) is 8.48. The molecule has 2 aliphatic heterocycles. The quantitative estimate of drug-likeness (QED) is 0.303. The van der Waals surface area contributed by atoms with Gasteiger partial charge in [-0.3, -0.25) is 19.4 Å². The summed E-state index contributed by atoms with van der Waals surface area (Å²) in [6.07, 6.45) is 2.22. The zero-order chi connectivity index (χ0) is 33.3. The first-order valence-electron chi connectivity index (χ1n) is 15.7. The van der Waals surface area contributed by atoms with Gasteiger partial charge in [-0.1, -0.05) is 23.4 Å². The summed E-state index contributed by atoms with van der Waals surface area (Å²) in [6, 6.07) is 3.69. The van der Waals surface area contributed by atoms with Gasteiger partial charge in [0.1, 0.15) is 11.6 Å². The molecule has 1 aromatic heterocycles. The van der Waals surface area contributed by atoms with E-state index in [0.717, 1.165) is 29.5 Å². The highest BCUT2D eigenvalue weighted by molar-refractivity contribution is 5.91. The number of carbonyl (C=O) groups excluding carboxylic acids is 3. The lowest BCUT2D eigenvalue weighted by molar-refractivity contribution is -0.142. The molecule has 46 heavy (non-hydrogen) atoms. The lowest BCUT2D eigenvalue weighted by Gasteiger charge is -2.29. The van der Waals surface area contributed by atoms with E-state index in [0.29, 0.717) is 31.4 Å². The molecule has 2 fully saturated rings. The average Bonchev–Trinajstić information content (AvgIpc) is 3.78. The van der Waals surface area contributed by atoms with Crippen LogP contribution in [0.3, 0.4) is 0 Å². The first kappa shape index (κ1) is 34.8. The number of amides is 3. The van der Waals surface area contributed by atoms with Crippen molar-refractivity contribution in [2.24, 2.45) is 18.0 Å². The van der Waals surface area contributed by atoms with Crippen LogP contribution >= 0.6 is 0 Å². The second-order valence-electron chi connectivity index (χ2n) is 12.1. The molecule has 4 rings (SSSR count). The van der Waals surface area contributed by atoms with Crippen LogP contribution < -0.4 is 10.6 Å². The molecule has 3 heterocycles. The number of aryl methyl sites for hydroxylation is 1. The van der Waals surface area contributed by atoms with E-state index in [4.69, 9.17) is 0 Å². The number of nitrogens with zero attached hydrogens (tertiary/aromatic N) is 6. The second kappa shape index (κ2) is 16.0. The number of fused-ring (bicyclic) bond motifs is 1. The molecule has 3 atom stereocenters. The molecule has 2 saturated heterocycles. The Morgan fingerprint density at radius 2 is 1.98 bits per heavy atom. The maximum Gasteiger partial charge on any atom is 0.390 e. The minimum Gasteiger partial charge on any atom is -0.350 e. The van der Waals surface area contributed by atoms with Crippen LogP contribution in [0.25, 0.3) is 11.0 Å². The standard InChI is InChI=1S/C32H43F3N8O3/c1-4-36-13-11-22(2)17-24-19-28(30(45)38-20-23-7-9-27-26(18-23)39-40-41(27)3)43(21-24)31(46)25(37-14-12-32(33,34)35)8-10-29(44)42-15-5-6-16-42/h4,7,9,11,13,18,24-25,28,37H,1,5-6,8,10,12,14-17,19-21H2,2-3H3,(H,38,45)/b22-11+,36-13-/t24-,25-,28+/m1/s1. The van der Waals surface area contributed by atoms with E-state index >= 15 is 0 Å². The molecule has 0 saturated carbocycles. The fraction of sp³-hybridized carbons (Fsp3) is 0.562. The zero-order valence-corrected chi connectivity index (χ0v) is 26.4. The number of nitrogens with one attached hydrogen (secondary N) is 2. The Morgan fingerprint density at radius 1 is 1.22 bits per heavy atom. The normalized spacial score (nSPS) is 19.7. The fourth-order valence-corrected chi connectivity index (χ4v) is 6.11. The molecule has 3 amide bonds. The summed E-state index contributed by atoms with van der Waals surface area (Å²) in [4.78, 5) is 47.6. The van der Waals surface area contributed by atoms with E-state index in [1.807, 2.05) is 31.2 Å². The van der Waals surface area contributed by atoms with Crippen molar-refractivity contribution in [3.05, 3.63) is 48.2 Å². The van der Waals surface area contributed by atoms with Crippen molar-refractivity contribution in [1.29, 1.82) is 0 Å². The zero-order valence-electron chi connectivity index (χ0n) is 26.4. The molecule has 0 unspecified atom stereocenters. The summed E-state index contributed by atoms with van der Waals surface area (Å²) >= 11 is 0. The van der Waals surface area contributed by atoms with Crippen molar-refractivity contribution >= 4 is 35.0 Å². The number of alkyl halides is 3. The van der Waals surface area contributed by atoms with Crippen molar-refractivity contribution in [3.8, 4) is 0 Å².